The van der Waals surface area contributed by atoms with Crippen molar-refractivity contribution < 1.29 is 24.2 Å². The smallest absolute Gasteiger partial charge is 0.334 e. The van der Waals surface area contributed by atoms with Crippen LogP contribution in [0.15, 0.2) is 18.2 Å². The molecule has 1 N–H and O–H groups in total. The van der Waals surface area contributed by atoms with Crippen LogP contribution in [0.5, 0.6) is 0 Å². The zero-order valence-corrected chi connectivity index (χ0v) is 14.4. The fourth-order valence-corrected chi connectivity index (χ4v) is 3.39. The average molecular weight is 346 g/mol. The largest absolute Gasteiger partial charge is 0.479 e. The quantitative estimate of drug-likeness (QED) is 0.881. The molecule has 2 heterocycles. The summed E-state index contributed by atoms with van der Waals surface area (Å²) in [6.45, 7) is 4.87. The second-order valence-electron chi connectivity index (χ2n) is 6.61. The second kappa shape index (κ2) is 6.84. The predicted molar refractivity (Wildman–Crippen MR) is 90.3 cm³/mol. The van der Waals surface area contributed by atoms with Crippen LogP contribution in [0, 0.1) is 19.8 Å². The summed E-state index contributed by atoms with van der Waals surface area (Å²) in [4.78, 5) is 39.4. The van der Waals surface area contributed by atoms with E-state index in [1.54, 1.807) is 4.90 Å². The van der Waals surface area contributed by atoms with Crippen LogP contribution in [-0.4, -0.2) is 60.1 Å². The number of aryl methyl sites for hydroxylation is 1. The molecule has 2 fully saturated rings. The number of carbonyl (C=O) groups is 3. The predicted octanol–water partition coefficient (Wildman–Crippen LogP) is 0.968. The van der Waals surface area contributed by atoms with Gasteiger partial charge in [-0.3, -0.25) is 9.59 Å². The number of morpholine rings is 1. The van der Waals surface area contributed by atoms with Gasteiger partial charge in [-0.2, -0.15) is 0 Å². The topological polar surface area (TPSA) is 87.2 Å². The van der Waals surface area contributed by atoms with E-state index in [0.29, 0.717) is 13.1 Å². The molecule has 1 aromatic rings. The highest BCUT2D eigenvalue weighted by Gasteiger charge is 2.39. The molecule has 2 atom stereocenters. The molecule has 3 rings (SSSR count). The zero-order valence-electron chi connectivity index (χ0n) is 14.4. The summed E-state index contributed by atoms with van der Waals surface area (Å²) in [7, 11) is 0. The summed E-state index contributed by atoms with van der Waals surface area (Å²) in [6, 6.07) is 5.78. The molecule has 0 bridgehead atoms. The molecule has 0 aliphatic carbocycles. The van der Waals surface area contributed by atoms with Crippen molar-refractivity contribution in [3.63, 3.8) is 0 Å². The van der Waals surface area contributed by atoms with Crippen LogP contribution >= 0.6 is 0 Å². The summed E-state index contributed by atoms with van der Waals surface area (Å²) in [5.41, 5.74) is 2.96. The van der Waals surface area contributed by atoms with Crippen LogP contribution in [-0.2, 0) is 19.1 Å². The zero-order chi connectivity index (χ0) is 18.1. The first-order valence-corrected chi connectivity index (χ1v) is 8.38. The summed E-state index contributed by atoms with van der Waals surface area (Å²) < 4.78 is 5.15. The number of nitrogens with zero attached hydrogens (tertiary/aromatic N) is 2. The number of carboxylic acids is 1. The van der Waals surface area contributed by atoms with Gasteiger partial charge < -0.3 is 19.6 Å². The first kappa shape index (κ1) is 17.4. The van der Waals surface area contributed by atoms with Gasteiger partial charge in [0.15, 0.2) is 6.10 Å². The molecule has 7 nitrogen and oxygen atoms in total. The van der Waals surface area contributed by atoms with Crippen molar-refractivity contribution in [1.82, 2.24) is 4.90 Å². The van der Waals surface area contributed by atoms with E-state index in [0.717, 1.165) is 16.8 Å². The molecule has 134 valence electrons. The van der Waals surface area contributed by atoms with Crippen molar-refractivity contribution in [2.45, 2.75) is 26.4 Å². The highest BCUT2D eigenvalue weighted by molar-refractivity contribution is 6.01. The van der Waals surface area contributed by atoms with Crippen molar-refractivity contribution in [2.75, 3.05) is 31.1 Å². The lowest BCUT2D eigenvalue weighted by Crippen LogP contribution is -2.50. The molecule has 0 spiro atoms. The van der Waals surface area contributed by atoms with Gasteiger partial charge in [-0.05, 0) is 31.0 Å². The van der Waals surface area contributed by atoms with Gasteiger partial charge in [0.25, 0.3) is 0 Å². The minimum Gasteiger partial charge on any atom is -0.479 e. The number of anilines is 1. The van der Waals surface area contributed by atoms with Crippen molar-refractivity contribution >= 4 is 23.5 Å². The molecule has 1 aromatic carbocycles. The Bertz CT molecular complexity index is 717. The maximum atomic E-state index is 12.7. The Hall–Kier alpha value is -2.41. The number of benzene rings is 1. The van der Waals surface area contributed by atoms with Crippen molar-refractivity contribution in [3.8, 4) is 0 Å². The second-order valence-corrected chi connectivity index (χ2v) is 6.61. The van der Waals surface area contributed by atoms with Gasteiger partial charge in [-0.25, -0.2) is 4.79 Å². The number of hydrogen-bond donors (Lipinski definition) is 1. The lowest BCUT2D eigenvalue weighted by molar-refractivity contribution is -0.160. The molecule has 2 aliphatic rings. The van der Waals surface area contributed by atoms with E-state index in [1.807, 2.05) is 32.0 Å². The number of aliphatic carboxylic acids is 1. The molecule has 0 aromatic heterocycles. The number of carbonyl (C=O) groups excluding carboxylic acids is 2. The van der Waals surface area contributed by atoms with E-state index in [4.69, 9.17) is 9.84 Å². The fourth-order valence-electron chi connectivity index (χ4n) is 3.39. The standard InChI is InChI=1S/C18H22N2O5/c1-11-4-3-5-14(12(11)2)20-9-13(8-16(20)21)17(22)19-6-7-25-15(10-19)18(23)24/h3-5,13,15H,6-10H2,1-2H3,(H,23,24). The number of ether oxygens (including phenoxy) is 1. The number of rotatable bonds is 3. The average Bonchev–Trinajstić information content (AvgIpc) is 2.98. The molecule has 2 amide bonds. The van der Waals surface area contributed by atoms with E-state index in [9.17, 15) is 14.4 Å². The molecule has 0 radical (unpaired) electrons. The molecule has 2 saturated heterocycles. The summed E-state index contributed by atoms with van der Waals surface area (Å²) in [5, 5.41) is 9.07. The summed E-state index contributed by atoms with van der Waals surface area (Å²) >= 11 is 0. The molecule has 2 aliphatic heterocycles. The number of carboxylic acid groups (broad SMARTS) is 1. The first-order chi connectivity index (χ1) is 11.9. The lowest BCUT2D eigenvalue weighted by atomic mass is 10.1. The normalized spacial score (nSPS) is 23.8. The van der Waals surface area contributed by atoms with E-state index in [1.165, 1.54) is 4.90 Å². The van der Waals surface area contributed by atoms with E-state index >= 15 is 0 Å². The molecular formula is C18H22N2O5. The van der Waals surface area contributed by atoms with Gasteiger partial charge in [0.2, 0.25) is 11.8 Å². The van der Waals surface area contributed by atoms with E-state index < -0.39 is 18.0 Å². The Morgan fingerprint density at radius 3 is 2.72 bits per heavy atom. The fraction of sp³-hybridized carbons (Fsp3) is 0.500. The summed E-state index contributed by atoms with van der Waals surface area (Å²) in [6.07, 6.45) is -0.841. The van der Waals surface area contributed by atoms with Gasteiger partial charge in [-0.15, -0.1) is 0 Å². The van der Waals surface area contributed by atoms with Gasteiger partial charge in [-0.1, -0.05) is 12.1 Å². The SMILES string of the molecule is Cc1cccc(N2CC(C(=O)N3CCOC(C(=O)O)C3)CC2=O)c1C. The maximum absolute atomic E-state index is 12.7. The van der Waals surface area contributed by atoms with Crippen LogP contribution in [0.25, 0.3) is 0 Å². The molecule has 2 unspecified atom stereocenters. The van der Waals surface area contributed by atoms with Crippen molar-refractivity contribution in [2.24, 2.45) is 5.92 Å². The monoisotopic (exact) mass is 346 g/mol. The Labute approximate surface area is 146 Å². The van der Waals surface area contributed by atoms with Gasteiger partial charge >= 0.3 is 5.97 Å². The van der Waals surface area contributed by atoms with Crippen molar-refractivity contribution in [3.05, 3.63) is 29.3 Å². The third-order valence-corrected chi connectivity index (χ3v) is 4.99. The summed E-state index contributed by atoms with van der Waals surface area (Å²) in [5.74, 6) is -1.76. The number of hydrogen-bond acceptors (Lipinski definition) is 4. The molecule has 25 heavy (non-hydrogen) atoms. The lowest BCUT2D eigenvalue weighted by Gasteiger charge is -2.32. The van der Waals surface area contributed by atoms with Crippen LogP contribution in [0.1, 0.15) is 17.5 Å². The maximum Gasteiger partial charge on any atom is 0.334 e. The molecule has 0 saturated carbocycles. The van der Waals surface area contributed by atoms with E-state index in [-0.39, 0.29) is 31.4 Å². The first-order valence-electron chi connectivity index (χ1n) is 8.38. The number of amides is 2. The minimum atomic E-state index is -1.07. The van der Waals surface area contributed by atoms with Crippen LogP contribution < -0.4 is 4.90 Å². The third kappa shape index (κ3) is 3.37. The van der Waals surface area contributed by atoms with Crippen LogP contribution in [0.3, 0.4) is 0 Å². The van der Waals surface area contributed by atoms with Crippen LogP contribution in [0.4, 0.5) is 5.69 Å². The molecular weight excluding hydrogens is 324 g/mol. The van der Waals surface area contributed by atoms with Gasteiger partial charge in [0, 0.05) is 25.2 Å². The Morgan fingerprint density at radius 1 is 1.24 bits per heavy atom. The Balaban J connectivity index is 1.73. The Morgan fingerprint density at radius 2 is 2.00 bits per heavy atom. The minimum absolute atomic E-state index is 0.0301. The third-order valence-electron chi connectivity index (χ3n) is 4.99. The molecule has 7 heteroatoms. The highest BCUT2D eigenvalue weighted by atomic mass is 16.5. The van der Waals surface area contributed by atoms with Crippen LogP contribution in [0.2, 0.25) is 0 Å². The van der Waals surface area contributed by atoms with Gasteiger partial charge in [0.05, 0.1) is 19.1 Å². The van der Waals surface area contributed by atoms with E-state index in [2.05, 4.69) is 0 Å². The van der Waals surface area contributed by atoms with Gasteiger partial charge in [0.1, 0.15) is 0 Å². The van der Waals surface area contributed by atoms with Crippen molar-refractivity contribution in [1.29, 1.82) is 0 Å². The Kier molecular flexibility index (Phi) is 4.76. The highest BCUT2D eigenvalue weighted by Crippen LogP contribution is 2.30.